The van der Waals surface area contributed by atoms with Crippen LogP contribution in [0.25, 0.3) is 11.0 Å². The van der Waals surface area contributed by atoms with E-state index in [1.54, 1.807) is 0 Å². The number of piperazine rings is 1. The smallest absolute Gasteiger partial charge is 0.289 e. The van der Waals surface area contributed by atoms with Crippen LogP contribution in [0, 0.1) is 6.92 Å². The van der Waals surface area contributed by atoms with Crippen molar-refractivity contribution < 1.29 is 9.21 Å². The molecule has 156 valence electrons. The fourth-order valence-corrected chi connectivity index (χ4v) is 4.32. The van der Waals surface area contributed by atoms with Crippen molar-refractivity contribution in [2.24, 2.45) is 0 Å². The average Bonchev–Trinajstić information content (AvgIpc) is 3.23. The number of hydrogen-bond acceptors (Lipinski definition) is 6. The summed E-state index contributed by atoms with van der Waals surface area (Å²) in [6, 6.07) is 11.6. The van der Waals surface area contributed by atoms with Crippen molar-refractivity contribution in [3.05, 3.63) is 47.9 Å². The van der Waals surface area contributed by atoms with E-state index < -0.39 is 0 Å². The minimum Gasteiger partial charge on any atom is -0.451 e. The Morgan fingerprint density at radius 1 is 0.900 bits per heavy atom. The number of furan rings is 1. The van der Waals surface area contributed by atoms with E-state index in [4.69, 9.17) is 9.40 Å². The molecule has 2 aromatic heterocycles. The topological polar surface area (TPSA) is 65.7 Å². The zero-order valence-corrected chi connectivity index (χ0v) is 17.4. The van der Waals surface area contributed by atoms with E-state index in [1.807, 2.05) is 42.2 Å². The first-order chi connectivity index (χ1) is 14.7. The van der Waals surface area contributed by atoms with Crippen molar-refractivity contribution >= 4 is 28.6 Å². The van der Waals surface area contributed by atoms with Crippen LogP contribution >= 0.6 is 0 Å². The van der Waals surface area contributed by atoms with E-state index in [2.05, 4.69) is 20.9 Å². The van der Waals surface area contributed by atoms with Crippen LogP contribution in [0.3, 0.4) is 0 Å². The van der Waals surface area contributed by atoms with E-state index in [0.717, 1.165) is 54.6 Å². The highest BCUT2D eigenvalue weighted by Gasteiger charge is 2.26. The first-order valence-electron chi connectivity index (χ1n) is 10.8. The second kappa shape index (κ2) is 7.97. The van der Waals surface area contributed by atoms with Gasteiger partial charge in [0.15, 0.2) is 5.76 Å². The molecule has 0 bridgehead atoms. The highest BCUT2D eigenvalue weighted by atomic mass is 16.3. The Bertz CT molecular complexity index is 1020. The van der Waals surface area contributed by atoms with Gasteiger partial charge < -0.3 is 19.1 Å². The van der Waals surface area contributed by atoms with Gasteiger partial charge in [-0.25, -0.2) is 4.98 Å². The van der Waals surface area contributed by atoms with Gasteiger partial charge in [-0.3, -0.25) is 4.79 Å². The Hall–Kier alpha value is -3.09. The third kappa shape index (κ3) is 3.72. The molecule has 2 aliphatic heterocycles. The fraction of sp³-hybridized carbons (Fsp3) is 0.435. The van der Waals surface area contributed by atoms with Crippen molar-refractivity contribution in [1.29, 1.82) is 0 Å². The Labute approximate surface area is 176 Å². The largest absolute Gasteiger partial charge is 0.451 e. The third-order valence-corrected chi connectivity index (χ3v) is 5.99. The number of fused-ring (bicyclic) bond motifs is 1. The van der Waals surface area contributed by atoms with Crippen LogP contribution in [0.1, 0.15) is 35.5 Å². The number of carbonyl (C=O) groups is 1. The molecule has 2 saturated heterocycles. The molecule has 4 heterocycles. The molecular weight excluding hydrogens is 378 g/mol. The number of anilines is 2. The number of rotatable bonds is 3. The molecule has 7 heteroatoms. The number of aryl methyl sites for hydroxylation is 1. The summed E-state index contributed by atoms with van der Waals surface area (Å²) in [6.07, 6.45) is 3.75. The lowest BCUT2D eigenvalue weighted by Gasteiger charge is -2.35. The number of carbonyl (C=O) groups excluding carboxylic acids is 1. The maximum atomic E-state index is 12.9. The maximum Gasteiger partial charge on any atom is 0.289 e. The van der Waals surface area contributed by atoms with Gasteiger partial charge in [-0.2, -0.15) is 4.98 Å². The standard InChI is InChI=1S/C23H27N5O2/c1-17-15-21(26-9-5-2-6-10-26)25-23(24-17)28-13-11-27(12-14-28)22(29)20-16-18-7-3-4-8-19(18)30-20/h3-4,7-8,15-16H,2,5-6,9-14H2,1H3. The van der Waals surface area contributed by atoms with Gasteiger partial charge in [-0.1, -0.05) is 18.2 Å². The Kier molecular flexibility index (Phi) is 5.02. The zero-order valence-electron chi connectivity index (χ0n) is 17.4. The molecule has 2 fully saturated rings. The molecule has 0 unspecified atom stereocenters. The van der Waals surface area contributed by atoms with E-state index in [-0.39, 0.29) is 5.91 Å². The summed E-state index contributed by atoms with van der Waals surface area (Å²) in [5, 5.41) is 0.956. The van der Waals surface area contributed by atoms with E-state index >= 15 is 0 Å². The molecule has 30 heavy (non-hydrogen) atoms. The van der Waals surface area contributed by atoms with Gasteiger partial charge >= 0.3 is 0 Å². The number of benzene rings is 1. The molecule has 0 saturated carbocycles. The van der Waals surface area contributed by atoms with Crippen LogP contribution in [0.4, 0.5) is 11.8 Å². The molecule has 1 amide bonds. The van der Waals surface area contributed by atoms with Crippen molar-refractivity contribution in [3.8, 4) is 0 Å². The Morgan fingerprint density at radius 2 is 1.67 bits per heavy atom. The molecule has 0 spiro atoms. The first kappa shape index (κ1) is 18.9. The fourth-order valence-electron chi connectivity index (χ4n) is 4.32. The van der Waals surface area contributed by atoms with Gasteiger partial charge in [0.2, 0.25) is 5.95 Å². The number of aromatic nitrogens is 2. The lowest BCUT2D eigenvalue weighted by atomic mass is 10.1. The number of hydrogen-bond donors (Lipinski definition) is 0. The molecule has 0 aliphatic carbocycles. The summed E-state index contributed by atoms with van der Waals surface area (Å²) in [6.45, 7) is 6.85. The van der Waals surface area contributed by atoms with Gasteiger partial charge in [0.1, 0.15) is 11.4 Å². The summed E-state index contributed by atoms with van der Waals surface area (Å²) in [5.41, 5.74) is 1.74. The molecule has 2 aliphatic rings. The normalized spacial score (nSPS) is 17.6. The number of piperidine rings is 1. The van der Waals surface area contributed by atoms with Crippen molar-refractivity contribution in [1.82, 2.24) is 14.9 Å². The molecule has 0 atom stereocenters. The van der Waals surface area contributed by atoms with Crippen LogP contribution in [0.5, 0.6) is 0 Å². The van der Waals surface area contributed by atoms with E-state index in [0.29, 0.717) is 18.8 Å². The first-order valence-corrected chi connectivity index (χ1v) is 10.8. The minimum absolute atomic E-state index is 0.0509. The molecule has 0 radical (unpaired) electrons. The highest BCUT2D eigenvalue weighted by molar-refractivity contribution is 5.96. The van der Waals surface area contributed by atoms with Gasteiger partial charge in [-0.05, 0) is 38.3 Å². The lowest BCUT2D eigenvalue weighted by Crippen LogP contribution is -2.49. The number of nitrogens with zero attached hydrogens (tertiary/aromatic N) is 5. The second-order valence-corrected chi connectivity index (χ2v) is 8.14. The van der Waals surface area contributed by atoms with Gasteiger partial charge in [0.25, 0.3) is 5.91 Å². The molecular formula is C23H27N5O2. The van der Waals surface area contributed by atoms with Crippen molar-refractivity contribution in [2.75, 3.05) is 49.1 Å². The molecule has 1 aromatic carbocycles. The minimum atomic E-state index is -0.0509. The van der Waals surface area contributed by atoms with Crippen molar-refractivity contribution in [3.63, 3.8) is 0 Å². The molecule has 0 N–H and O–H groups in total. The van der Waals surface area contributed by atoms with Crippen molar-refractivity contribution in [2.45, 2.75) is 26.2 Å². The summed E-state index contributed by atoms with van der Waals surface area (Å²) in [7, 11) is 0. The van der Waals surface area contributed by atoms with Gasteiger partial charge in [0, 0.05) is 56.4 Å². The van der Waals surface area contributed by atoms with Crippen LogP contribution in [-0.2, 0) is 0 Å². The molecule has 5 rings (SSSR count). The zero-order chi connectivity index (χ0) is 20.5. The second-order valence-electron chi connectivity index (χ2n) is 8.14. The summed E-state index contributed by atoms with van der Waals surface area (Å²) < 4.78 is 5.76. The van der Waals surface area contributed by atoms with Crippen LogP contribution in [0.15, 0.2) is 40.8 Å². The SMILES string of the molecule is Cc1cc(N2CCCCC2)nc(N2CCN(C(=O)c3cc4ccccc4o3)CC2)n1. The summed E-state index contributed by atoms with van der Waals surface area (Å²) >= 11 is 0. The number of para-hydroxylation sites is 1. The Morgan fingerprint density at radius 3 is 2.43 bits per heavy atom. The van der Waals surface area contributed by atoms with Gasteiger partial charge in [-0.15, -0.1) is 0 Å². The summed E-state index contributed by atoms with van der Waals surface area (Å²) in [4.78, 5) is 28.8. The predicted octanol–water partition coefficient (Wildman–Crippen LogP) is 3.48. The van der Waals surface area contributed by atoms with Crippen LogP contribution < -0.4 is 9.80 Å². The highest BCUT2D eigenvalue weighted by Crippen LogP contribution is 2.23. The number of amides is 1. The monoisotopic (exact) mass is 405 g/mol. The quantitative estimate of drug-likeness (QED) is 0.665. The lowest BCUT2D eigenvalue weighted by molar-refractivity contribution is 0.0716. The van der Waals surface area contributed by atoms with E-state index in [9.17, 15) is 4.79 Å². The van der Waals surface area contributed by atoms with Gasteiger partial charge in [0.05, 0.1) is 0 Å². The maximum absolute atomic E-state index is 12.9. The van der Waals surface area contributed by atoms with Crippen LogP contribution in [-0.4, -0.2) is 60.0 Å². The average molecular weight is 406 g/mol. The summed E-state index contributed by atoms with van der Waals surface area (Å²) in [5.74, 6) is 2.15. The third-order valence-electron chi connectivity index (χ3n) is 5.99. The Balaban J connectivity index is 1.27. The predicted molar refractivity (Wildman–Crippen MR) is 117 cm³/mol. The molecule has 7 nitrogen and oxygen atoms in total. The van der Waals surface area contributed by atoms with Crippen LogP contribution in [0.2, 0.25) is 0 Å². The molecule has 3 aromatic rings. The van der Waals surface area contributed by atoms with E-state index in [1.165, 1.54) is 19.3 Å².